The number of nitrogens with zero attached hydrogens (tertiary/aromatic N) is 1. The monoisotopic (exact) mass is 229 g/mol. The smallest absolute Gasteiger partial charge is 0.224 e. The van der Waals surface area contributed by atoms with Crippen LogP contribution in [0.25, 0.3) is 0 Å². The zero-order valence-electron chi connectivity index (χ0n) is 9.00. The van der Waals surface area contributed by atoms with E-state index in [1.54, 1.807) is 0 Å². The third kappa shape index (κ3) is 3.36. The van der Waals surface area contributed by atoms with Crippen molar-refractivity contribution in [2.24, 2.45) is 0 Å². The SMILES string of the molecule is O=C(CC1CSCCN1)N1CCNCC1. The molecule has 2 heterocycles. The fraction of sp³-hybridized carbons (Fsp3) is 0.900. The lowest BCUT2D eigenvalue weighted by atomic mass is 10.2. The number of hydrogen-bond acceptors (Lipinski definition) is 4. The summed E-state index contributed by atoms with van der Waals surface area (Å²) in [5, 5.41) is 6.66. The maximum atomic E-state index is 11.9. The molecule has 2 saturated heterocycles. The van der Waals surface area contributed by atoms with Gasteiger partial charge in [0, 0.05) is 56.7 Å². The van der Waals surface area contributed by atoms with Crippen molar-refractivity contribution in [1.82, 2.24) is 15.5 Å². The average molecular weight is 229 g/mol. The molecule has 2 rings (SSSR count). The molecule has 0 saturated carbocycles. The molecular weight excluding hydrogens is 210 g/mol. The summed E-state index contributed by atoms with van der Waals surface area (Å²) in [6, 6.07) is 0.395. The molecular formula is C10H19N3OS. The molecule has 0 aromatic rings. The fourth-order valence-electron chi connectivity index (χ4n) is 2.00. The van der Waals surface area contributed by atoms with Gasteiger partial charge in [0.15, 0.2) is 0 Å². The molecule has 5 heteroatoms. The van der Waals surface area contributed by atoms with Gasteiger partial charge in [0.2, 0.25) is 5.91 Å². The minimum atomic E-state index is 0.316. The van der Waals surface area contributed by atoms with Crippen molar-refractivity contribution in [3.8, 4) is 0 Å². The molecule has 1 amide bonds. The van der Waals surface area contributed by atoms with Crippen LogP contribution in [-0.2, 0) is 4.79 Å². The Morgan fingerprint density at radius 2 is 2.13 bits per heavy atom. The first-order valence-electron chi connectivity index (χ1n) is 5.66. The van der Waals surface area contributed by atoms with Gasteiger partial charge in [-0.1, -0.05) is 0 Å². The van der Waals surface area contributed by atoms with Gasteiger partial charge in [-0.15, -0.1) is 0 Å². The van der Waals surface area contributed by atoms with Crippen LogP contribution >= 0.6 is 11.8 Å². The number of carbonyl (C=O) groups excluding carboxylic acids is 1. The molecule has 2 fully saturated rings. The second-order valence-electron chi connectivity index (χ2n) is 4.06. The highest BCUT2D eigenvalue weighted by molar-refractivity contribution is 7.99. The van der Waals surface area contributed by atoms with E-state index >= 15 is 0 Å². The maximum Gasteiger partial charge on any atom is 0.224 e. The van der Waals surface area contributed by atoms with Gasteiger partial charge in [-0.2, -0.15) is 11.8 Å². The van der Waals surface area contributed by atoms with Crippen LogP contribution in [0.5, 0.6) is 0 Å². The number of carbonyl (C=O) groups is 1. The summed E-state index contributed by atoms with van der Waals surface area (Å²) in [4.78, 5) is 13.9. The van der Waals surface area contributed by atoms with E-state index in [4.69, 9.17) is 0 Å². The number of thioether (sulfide) groups is 1. The molecule has 2 aliphatic rings. The molecule has 2 N–H and O–H groups in total. The van der Waals surface area contributed by atoms with Gasteiger partial charge in [0.05, 0.1) is 0 Å². The molecule has 0 aliphatic carbocycles. The highest BCUT2D eigenvalue weighted by Crippen LogP contribution is 2.11. The van der Waals surface area contributed by atoms with Crippen LogP contribution in [0.1, 0.15) is 6.42 Å². The van der Waals surface area contributed by atoms with Crippen LogP contribution in [-0.4, -0.2) is 61.1 Å². The van der Waals surface area contributed by atoms with Gasteiger partial charge in [0.25, 0.3) is 0 Å². The van der Waals surface area contributed by atoms with E-state index in [0.717, 1.165) is 38.5 Å². The molecule has 0 radical (unpaired) electrons. The van der Waals surface area contributed by atoms with E-state index in [0.29, 0.717) is 18.4 Å². The predicted molar refractivity (Wildman–Crippen MR) is 63.2 cm³/mol. The van der Waals surface area contributed by atoms with Crippen molar-refractivity contribution >= 4 is 17.7 Å². The van der Waals surface area contributed by atoms with Crippen molar-refractivity contribution in [3.05, 3.63) is 0 Å². The second kappa shape index (κ2) is 5.72. The summed E-state index contributed by atoms with van der Waals surface area (Å²) in [6.45, 7) is 4.68. The zero-order valence-corrected chi connectivity index (χ0v) is 9.81. The van der Waals surface area contributed by atoms with E-state index in [1.807, 2.05) is 16.7 Å². The standard InChI is InChI=1S/C10H19N3OS/c14-10(13-4-1-11-2-5-13)7-9-8-15-6-3-12-9/h9,11-12H,1-8H2. The van der Waals surface area contributed by atoms with E-state index in [9.17, 15) is 4.79 Å². The van der Waals surface area contributed by atoms with E-state index in [1.165, 1.54) is 5.75 Å². The molecule has 86 valence electrons. The predicted octanol–water partition coefficient (Wildman–Crippen LogP) is -0.487. The van der Waals surface area contributed by atoms with Crippen LogP contribution in [0, 0.1) is 0 Å². The molecule has 2 aliphatic heterocycles. The molecule has 0 aromatic heterocycles. The first kappa shape index (κ1) is 11.2. The van der Waals surface area contributed by atoms with Crippen LogP contribution in [0.15, 0.2) is 0 Å². The number of piperazine rings is 1. The average Bonchev–Trinajstić information content (AvgIpc) is 2.31. The second-order valence-corrected chi connectivity index (χ2v) is 5.21. The Morgan fingerprint density at radius 3 is 2.80 bits per heavy atom. The summed E-state index contributed by atoms with van der Waals surface area (Å²) in [6.07, 6.45) is 0.674. The van der Waals surface area contributed by atoms with Crippen LogP contribution < -0.4 is 10.6 Å². The van der Waals surface area contributed by atoms with E-state index in [-0.39, 0.29) is 0 Å². The van der Waals surface area contributed by atoms with Crippen molar-refractivity contribution in [1.29, 1.82) is 0 Å². The van der Waals surface area contributed by atoms with Crippen LogP contribution in [0.2, 0.25) is 0 Å². The van der Waals surface area contributed by atoms with Gasteiger partial charge in [-0.25, -0.2) is 0 Å². The van der Waals surface area contributed by atoms with Crippen molar-refractivity contribution in [3.63, 3.8) is 0 Å². The van der Waals surface area contributed by atoms with E-state index in [2.05, 4.69) is 10.6 Å². The largest absolute Gasteiger partial charge is 0.340 e. The normalized spacial score (nSPS) is 27.7. The lowest BCUT2D eigenvalue weighted by Gasteiger charge is -2.30. The molecule has 1 unspecified atom stereocenters. The number of nitrogens with one attached hydrogen (secondary N) is 2. The summed E-state index contributed by atoms with van der Waals surface area (Å²) < 4.78 is 0. The summed E-state index contributed by atoms with van der Waals surface area (Å²) in [5.74, 6) is 2.58. The third-order valence-electron chi connectivity index (χ3n) is 2.89. The number of amides is 1. The van der Waals surface area contributed by atoms with Gasteiger partial charge in [-0.05, 0) is 0 Å². The Bertz CT molecular complexity index is 213. The molecule has 0 spiro atoms. The van der Waals surface area contributed by atoms with Crippen LogP contribution in [0.4, 0.5) is 0 Å². The Labute approximate surface area is 95.2 Å². The fourth-order valence-corrected chi connectivity index (χ4v) is 2.95. The Kier molecular flexibility index (Phi) is 4.29. The Morgan fingerprint density at radius 1 is 1.33 bits per heavy atom. The van der Waals surface area contributed by atoms with Gasteiger partial charge in [0.1, 0.15) is 0 Å². The highest BCUT2D eigenvalue weighted by atomic mass is 32.2. The summed E-state index contributed by atoms with van der Waals surface area (Å²) >= 11 is 1.95. The molecule has 15 heavy (non-hydrogen) atoms. The van der Waals surface area contributed by atoms with Crippen molar-refractivity contribution in [2.75, 3.05) is 44.2 Å². The van der Waals surface area contributed by atoms with E-state index < -0.39 is 0 Å². The van der Waals surface area contributed by atoms with Gasteiger partial charge >= 0.3 is 0 Å². The first-order chi connectivity index (χ1) is 7.36. The summed E-state index contributed by atoms with van der Waals surface area (Å²) in [7, 11) is 0. The molecule has 4 nitrogen and oxygen atoms in total. The van der Waals surface area contributed by atoms with Gasteiger partial charge < -0.3 is 15.5 Å². The lowest BCUT2D eigenvalue weighted by molar-refractivity contribution is -0.132. The Balaban J connectivity index is 1.74. The number of rotatable bonds is 2. The number of hydrogen-bond donors (Lipinski definition) is 2. The van der Waals surface area contributed by atoms with Crippen LogP contribution in [0.3, 0.4) is 0 Å². The minimum absolute atomic E-state index is 0.316. The van der Waals surface area contributed by atoms with Crippen molar-refractivity contribution < 1.29 is 4.79 Å². The Hall–Kier alpha value is -0.260. The first-order valence-corrected chi connectivity index (χ1v) is 6.81. The third-order valence-corrected chi connectivity index (χ3v) is 4.02. The molecule has 1 atom stereocenters. The summed E-state index contributed by atoms with van der Waals surface area (Å²) in [5.41, 5.74) is 0. The quantitative estimate of drug-likeness (QED) is 0.671. The lowest BCUT2D eigenvalue weighted by Crippen LogP contribution is -2.49. The topological polar surface area (TPSA) is 44.4 Å². The van der Waals surface area contributed by atoms with Gasteiger partial charge in [-0.3, -0.25) is 4.79 Å². The minimum Gasteiger partial charge on any atom is -0.340 e. The molecule has 0 bridgehead atoms. The maximum absolute atomic E-state index is 11.9. The highest BCUT2D eigenvalue weighted by Gasteiger charge is 2.21. The molecule has 0 aromatic carbocycles. The zero-order chi connectivity index (χ0) is 10.5. The van der Waals surface area contributed by atoms with Crippen molar-refractivity contribution in [2.45, 2.75) is 12.5 Å².